The molecule has 10 heteroatoms. The van der Waals surface area contributed by atoms with Gasteiger partial charge in [0.25, 0.3) is 11.8 Å². The number of primary amides is 1. The maximum atomic E-state index is 14.3. The first-order chi connectivity index (χ1) is 18.6. The second-order valence-corrected chi connectivity index (χ2v) is 10.2. The van der Waals surface area contributed by atoms with Crippen molar-refractivity contribution in [2.45, 2.75) is 51.0 Å². The topological polar surface area (TPSA) is 139 Å². The Kier molecular flexibility index (Phi) is 8.52. The predicted octanol–water partition coefficient (Wildman–Crippen LogP) is 2.50. The van der Waals surface area contributed by atoms with Gasteiger partial charge in [0, 0.05) is 31.0 Å². The zero-order valence-electron chi connectivity index (χ0n) is 21.8. The van der Waals surface area contributed by atoms with Crippen molar-refractivity contribution in [2.75, 3.05) is 6.54 Å². The summed E-state index contributed by atoms with van der Waals surface area (Å²) in [5, 5.41) is 4.76. The summed E-state index contributed by atoms with van der Waals surface area (Å²) >= 11 is 6.28. The van der Waals surface area contributed by atoms with Gasteiger partial charge in [0.2, 0.25) is 11.8 Å². The molecule has 1 saturated heterocycles. The normalized spacial score (nSPS) is 19.3. The summed E-state index contributed by atoms with van der Waals surface area (Å²) in [6.45, 7) is 3.25. The third kappa shape index (κ3) is 6.05. The van der Waals surface area contributed by atoms with Gasteiger partial charge < -0.3 is 26.6 Å². The molecule has 1 fully saturated rings. The molecule has 1 aliphatic heterocycles. The van der Waals surface area contributed by atoms with E-state index in [0.29, 0.717) is 17.0 Å². The number of nitrogens with one attached hydrogen (secondary N) is 1. The van der Waals surface area contributed by atoms with Crippen molar-refractivity contribution < 1.29 is 19.2 Å². The number of hydrogen-bond donors (Lipinski definition) is 3. The number of carbonyl (C=O) groups excluding carboxylic acids is 4. The number of benzene rings is 3. The van der Waals surface area contributed by atoms with Gasteiger partial charge >= 0.3 is 0 Å². The monoisotopic (exact) mass is 549 g/mol. The van der Waals surface area contributed by atoms with Crippen LogP contribution in [0.15, 0.2) is 66.7 Å². The molecule has 0 bridgehead atoms. The SMILES string of the molecule is CC(=O)NC(N)C(=O)N1[C@H](C)CCN(C(Cc2cccc3ccccc23)C(N)=O)C(=O)[C@@H]1c1cccc(Cl)c1. The van der Waals surface area contributed by atoms with Gasteiger partial charge in [-0.05, 0) is 47.4 Å². The maximum Gasteiger partial charge on any atom is 0.261 e. The van der Waals surface area contributed by atoms with E-state index in [9.17, 15) is 19.2 Å². The van der Waals surface area contributed by atoms with E-state index in [1.165, 1.54) is 16.7 Å². The minimum absolute atomic E-state index is 0.189. The van der Waals surface area contributed by atoms with Crippen molar-refractivity contribution in [3.63, 3.8) is 0 Å². The van der Waals surface area contributed by atoms with E-state index in [-0.39, 0.29) is 13.0 Å². The van der Waals surface area contributed by atoms with Crippen LogP contribution < -0.4 is 16.8 Å². The zero-order chi connectivity index (χ0) is 28.3. The molecule has 0 saturated carbocycles. The van der Waals surface area contributed by atoms with Crippen molar-refractivity contribution in [1.29, 1.82) is 0 Å². The molecule has 0 radical (unpaired) electrons. The van der Waals surface area contributed by atoms with Gasteiger partial charge in [-0.1, -0.05) is 66.2 Å². The molecule has 39 heavy (non-hydrogen) atoms. The summed E-state index contributed by atoms with van der Waals surface area (Å²) in [6, 6.07) is 17.7. The first-order valence-corrected chi connectivity index (χ1v) is 13.1. The second-order valence-electron chi connectivity index (χ2n) is 9.81. The van der Waals surface area contributed by atoms with Gasteiger partial charge in [0.05, 0.1) is 0 Å². The Morgan fingerprint density at radius 1 is 1.08 bits per heavy atom. The molecule has 0 aromatic heterocycles. The number of amides is 4. The van der Waals surface area contributed by atoms with Crippen LogP contribution in [-0.2, 0) is 25.6 Å². The van der Waals surface area contributed by atoms with Crippen LogP contribution in [0.3, 0.4) is 0 Å². The van der Waals surface area contributed by atoms with Gasteiger partial charge in [-0.3, -0.25) is 19.2 Å². The fourth-order valence-corrected chi connectivity index (χ4v) is 5.42. The van der Waals surface area contributed by atoms with Crippen molar-refractivity contribution >= 4 is 46.0 Å². The number of fused-ring (bicyclic) bond motifs is 1. The van der Waals surface area contributed by atoms with Crippen molar-refractivity contribution in [2.24, 2.45) is 11.5 Å². The van der Waals surface area contributed by atoms with Crippen LogP contribution in [-0.4, -0.2) is 58.2 Å². The number of rotatable bonds is 7. The largest absolute Gasteiger partial charge is 0.368 e. The molecule has 204 valence electrons. The lowest BCUT2D eigenvalue weighted by atomic mass is 9.96. The summed E-state index contributed by atoms with van der Waals surface area (Å²) in [6.07, 6.45) is -0.785. The molecular weight excluding hydrogens is 518 g/mol. The van der Waals surface area contributed by atoms with Gasteiger partial charge in [0.1, 0.15) is 12.1 Å². The van der Waals surface area contributed by atoms with Crippen molar-refractivity contribution in [3.8, 4) is 0 Å². The van der Waals surface area contributed by atoms with Crippen LogP contribution in [0.2, 0.25) is 5.02 Å². The highest BCUT2D eigenvalue weighted by molar-refractivity contribution is 6.30. The molecule has 9 nitrogen and oxygen atoms in total. The molecule has 4 atom stereocenters. The number of nitrogens with zero attached hydrogens (tertiary/aromatic N) is 2. The predicted molar refractivity (Wildman–Crippen MR) is 149 cm³/mol. The first kappa shape index (κ1) is 28.1. The molecule has 4 rings (SSSR count). The number of nitrogens with two attached hydrogens (primary N) is 2. The quantitative estimate of drug-likeness (QED) is 0.389. The second kappa shape index (κ2) is 11.8. The third-order valence-corrected chi connectivity index (χ3v) is 7.33. The van der Waals surface area contributed by atoms with E-state index in [1.54, 1.807) is 31.2 Å². The van der Waals surface area contributed by atoms with Gasteiger partial charge in [-0.25, -0.2) is 0 Å². The molecule has 5 N–H and O–H groups in total. The van der Waals surface area contributed by atoms with Crippen LogP contribution in [0.25, 0.3) is 10.8 Å². The number of hydrogen-bond acceptors (Lipinski definition) is 5. The molecule has 0 spiro atoms. The zero-order valence-corrected chi connectivity index (χ0v) is 22.6. The van der Waals surface area contributed by atoms with Crippen molar-refractivity contribution in [1.82, 2.24) is 15.1 Å². The van der Waals surface area contributed by atoms with Crippen LogP contribution in [0.5, 0.6) is 0 Å². The Hall–Kier alpha value is -3.95. The Bertz CT molecular complexity index is 1410. The lowest BCUT2D eigenvalue weighted by Gasteiger charge is -2.37. The van der Waals surface area contributed by atoms with Crippen LogP contribution in [0.4, 0.5) is 0 Å². The van der Waals surface area contributed by atoms with Crippen LogP contribution in [0, 0.1) is 0 Å². The van der Waals surface area contributed by atoms with Gasteiger partial charge in [-0.2, -0.15) is 0 Å². The minimum Gasteiger partial charge on any atom is -0.368 e. The highest BCUT2D eigenvalue weighted by Gasteiger charge is 2.44. The number of carbonyl (C=O) groups is 4. The summed E-state index contributed by atoms with van der Waals surface area (Å²) in [5.41, 5.74) is 13.3. The van der Waals surface area contributed by atoms with Crippen LogP contribution in [0.1, 0.15) is 37.4 Å². The molecule has 1 heterocycles. The van der Waals surface area contributed by atoms with Gasteiger partial charge in [0.15, 0.2) is 6.17 Å². The smallest absolute Gasteiger partial charge is 0.261 e. The summed E-state index contributed by atoms with van der Waals surface area (Å²) in [5.74, 6) is -2.23. The highest BCUT2D eigenvalue weighted by atomic mass is 35.5. The summed E-state index contributed by atoms with van der Waals surface area (Å²) < 4.78 is 0. The van der Waals surface area contributed by atoms with Crippen LogP contribution >= 0.6 is 11.6 Å². The van der Waals surface area contributed by atoms with E-state index >= 15 is 0 Å². The van der Waals surface area contributed by atoms with E-state index in [0.717, 1.165) is 16.3 Å². The molecule has 1 aliphatic rings. The van der Waals surface area contributed by atoms with Crippen molar-refractivity contribution in [3.05, 3.63) is 82.9 Å². The molecule has 4 amide bonds. The Morgan fingerprint density at radius 3 is 2.46 bits per heavy atom. The number of halogens is 1. The molecule has 0 aliphatic carbocycles. The molecule has 3 aromatic carbocycles. The molecular formula is C29H32ClN5O4. The molecule has 3 aromatic rings. The third-order valence-electron chi connectivity index (χ3n) is 7.10. The Labute approximate surface area is 232 Å². The maximum absolute atomic E-state index is 14.3. The fourth-order valence-electron chi connectivity index (χ4n) is 5.22. The van der Waals surface area contributed by atoms with E-state index < -0.39 is 47.9 Å². The van der Waals surface area contributed by atoms with E-state index in [2.05, 4.69) is 5.32 Å². The lowest BCUT2D eigenvalue weighted by molar-refractivity contribution is -0.149. The molecule has 2 unspecified atom stereocenters. The minimum atomic E-state index is -1.35. The van der Waals surface area contributed by atoms with E-state index in [1.807, 2.05) is 42.5 Å². The highest BCUT2D eigenvalue weighted by Crippen LogP contribution is 2.33. The lowest BCUT2D eigenvalue weighted by Crippen LogP contribution is -2.57. The fraction of sp³-hybridized carbons (Fsp3) is 0.310. The Morgan fingerprint density at radius 2 is 1.77 bits per heavy atom. The summed E-state index contributed by atoms with van der Waals surface area (Å²) in [7, 11) is 0. The summed E-state index contributed by atoms with van der Waals surface area (Å²) in [4.78, 5) is 55.2. The first-order valence-electron chi connectivity index (χ1n) is 12.7. The van der Waals surface area contributed by atoms with E-state index in [4.69, 9.17) is 23.1 Å². The average Bonchev–Trinajstić information content (AvgIpc) is 3.02. The standard InChI is InChI=1S/C29H32ClN5O4/c1-17-13-14-34(24(27(32)37)16-20-9-5-8-19-7-3-4-12-23(19)20)28(38)25(21-10-6-11-22(30)15-21)35(17)29(39)26(31)33-18(2)36/h3-12,15,17,24-26H,13-14,16,31H2,1-2H3,(H2,32,37)(H,33,36)/t17-,24?,25+,26?/m1/s1. The average molecular weight is 550 g/mol. The van der Waals surface area contributed by atoms with Gasteiger partial charge in [-0.15, -0.1) is 0 Å². The Balaban J connectivity index is 1.77.